The van der Waals surface area contributed by atoms with Gasteiger partial charge in [0.2, 0.25) is 15.9 Å². The number of hydrogen-bond acceptors (Lipinski definition) is 3. The number of anilines is 2. The molecule has 2 aromatic rings. The average Bonchev–Trinajstić information content (AvgIpc) is 2.47. The largest absolute Gasteiger partial charge is 0.322 e. The number of rotatable bonds is 5. The van der Waals surface area contributed by atoms with E-state index in [4.69, 9.17) is 0 Å². The third-order valence-electron chi connectivity index (χ3n) is 3.74. The van der Waals surface area contributed by atoms with Crippen molar-refractivity contribution in [2.24, 2.45) is 0 Å². The van der Waals surface area contributed by atoms with Gasteiger partial charge in [0.25, 0.3) is 0 Å². The predicted molar refractivity (Wildman–Crippen MR) is 105 cm³/mol. The van der Waals surface area contributed by atoms with Crippen LogP contribution in [0, 0.1) is 19.7 Å². The zero-order chi connectivity index (χ0) is 19.6. The van der Waals surface area contributed by atoms with Crippen LogP contribution in [0.2, 0.25) is 0 Å². The molecule has 0 aliphatic carbocycles. The van der Waals surface area contributed by atoms with E-state index in [2.05, 4.69) is 21.2 Å². The smallest absolute Gasteiger partial charge is 0.248 e. The van der Waals surface area contributed by atoms with Gasteiger partial charge in [-0.1, -0.05) is 22.0 Å². The van der Waals surface area contributed by atoms with Crippen molar-refractivity contribution in [1.82, 2.24) is 0 Å². The Morgan fingerprint density at radius 2 is 1.73 bits per heavy atom. The molecule has 26 heavy (non-hydrogen) atoms. The van der Waals surface area contributed by atoms with Gasteiger partial charge in [-0.3, -0.25) is 9.10 Å². The molecule has 0 aliphatic rings. The quantitative estimate of drug-likeness (QED) is 0.760. The molecule has 2 aromatic carbocycles. The van der Waals surface area contributed by atoms with Crippen LogP contribution in [0.15, 0.2) is 40.9 Å². The fourth-order valence-corrected chi connectivity index (χ4v) is 4.21. The lowest BCUT2D eigenvalue weighted by Gasteiger charge is -2.28. The molecule has 0 heterocycles. The lowest BCUT2D eigenvalue weighted by molar-refractivity contribution is -0.116. The van der Waals surface area contributed by atoms with Gasteiger partial charge in [-0.15, -0.1) is 0 Å². The van der Waals surface area contributed by atoms with Gasteiger partial charge in [-0.2, -0.15) is 0 Å². The molecule has 140 valence electrons. The molecule has 1 N–H and O–H groups in total. The Morgan fingerprint density at radius 3 is 2.23 bits per heavy atom. The minimum atomic E-state index is -3.73. The number of carbonyl (C=O) groups is 1. The van der Waals surface area contributed by atoms with E-state index >= 15 is 0 Å². The number of amides is 1. The van der Waals surface area contributed by atoms with Crippen molar-refractivity contribution in [3.05, 3.63) is 57.8 Å². The fraction of sp³-hybridized carbons (Fsp3) is 0.278. The molecule has 0 aromatic heterocycles. The highest BCUT2D eigenvalue weighted by molar-refractivity contribution is 9.10. The summed E-state index contributed by atoms with van der Waals surface area (Å²) in [7, 11) is -3.73. The third kappa shape index (κ3) is 4.82. The Bertz CT molecular complexity index is 927. The van der Waals surface area contributed by atoms with Gasteiger partial charge in [-0.25, -0.2) is 12.8 Å². The molecule has 0 saturated heterocycles. The number of halogens is 2. The Labute approximate surface area is 161 Å². The first kappa shape index (κ1) is 20.4. The van der Waals surface area contributed by atoms with E-state index in [1.54, 1.807) is 18.2 Å². The highest BCUT2D eigenvalue weighted by Crippen LogP contribution is 2.25. The summed E-state index contributed by atoms with van der Waals surface area (Å²) in [6.07, 6.45) is 1.04. The van der Waals surface area contributed by atoms with Crippen molar-refractivity contribution >= 4 is 43.2 Å². The van der Waals surface area contributed by atoms with Gasteiger partial charge in [0.15, 0.2) is 0 Å². The standard InChI is InChI=1S/C18H20BrFN2O3S/c1-11-7-12(2)9-15(8-11)22(26(4,24)25)13(3)18(23)21-17-6-5-14(19)10-16(17)20/h5-10,13H,1-4H3,(H,21,23)/t13-/m1/s1. The van der Waals surface area contributed by atoms with Gasteiger partial charge in [0.05, 0.1) is 17.6 Å². The van der Waals surface area contributed by atoms with E-state index in [0.717, 1.165) is 21.7 Å². The van der Waals surface area contributed by atoms with Crippen molar-refractivity contribution in [3.8, 4) is 0 Å². The van der Waals surface area contributed by atoms with Crippen molar-refractivity contribution in [2.75, 3.05) is 15.9 Å². The molecular formula is C18H20BrFN2O3S. The second kappa shape index (κ2) is 7.75. The molecule has 0 unspecified atom stereocenters. The highest BCUT2D eigenvalue weighted by atomic mass is 79.9. The van der Waals surface area contributed by atoms with Crippen LogP contribution in [-0.4, -0.2) is 26.6 Å². The second-order valence-corrected chi connectivity index (χ2v) is 8.97. The summed E-state index contributed by atoms with van der Waals surface area (Å²) >= 11 is 3.14. The third-order valence-corrected chi connectivity index (χ3v) is 5.47. The Morgan fingerprint density at radius 1 is 1.15 bits per heavy atom. The van der Waals surface area contributed by atoms with Crippen LogP contribution < -0.4 is 9.62 Å². The zero-order valence-electron chi connectivity index (χ0n) is 14.9. The highest BCUT2D eigenvalue weighted by Gasteiger charge is 2.29. The number of nitrogens with zero attached hydrogens (tertiary/aromatic N) is 1. The minimum Gasteiger partial charge on any atom is -0.322 e. The fourth-order valence-electron chi connectivity index (χ4n) is 2.71. The molecule has 0 saturated carbocycles. The SMILES string of the molecule is Cc1cc(C)cc(N([C@H](C)C(=O)Nc2ccc(Br)cc2F)S(C)(=O)=O)c1. The molecular weight excluding hydrogens is 423 g/mol. The summed E-state index contributed by atoms with van der Waals surface area (Å²) in [6, 6.07) is 8.45. The normalized spacial score (nSPS) is 12.5. The van der Waals surface area contributed by atoms with Gasteiger partial charge in [0, 0.05) is 4.47 Å². The Kier molecular flexibility index (Phi) is 6.08. The maximum atomic E-state index is 14.0. The summed E-state index contributed by atoms with van der Waals surface area (Å²) in [5, 5.41) is 2.45. The zero-order valence-corrected chi connectivity index (χ0v) is 17.3. The van der Waals surface area contributed by atoms with Crippen molar-refractivity contribution in [3.63, 3.8) is 0 Å². The number of aryl methyl sites for hydroxylation is 2. The molecule has 0 radical (unpaired) electrons. The van der Waals surface area contributed by atoms with Gasteiger partial charge >= 0.3 is 0 Å². The van der Waals surface area contributed by atoms with Crippen LogP contribution in [0.3, 0.4) is 0 Å². The van der Waals surface area contributed by atoms with Crippen LogP contribution >= 0.6 is 15.9 Å². The van der Waals surface area contributed by atoms with Crippen LogP contribution in [0.25, 0.3) is 0 Å². The number of hydrogen-bond donors (Lipinski definition) is 1. The van der Waals surface area contributed by atoms with E-state index in [1.165, 1.54) is 19.1 Å². The summed E-state index contributed by atoms with van der Waals surface area (Å²) in [6.45, 7) is 5.16. The van der Waals surface area contributed by atoms with Crippen LogP contribution in [0.1, 0.15) is 18.1 Å². The monoisotopic (exact) mass is 442 g/mol. The van der Waals surface area contributed by atoms with Crippen molar-refractivity contribution < 1.29 is 17.6 Å². The van der Waals surface area contributed by atoms with E-state index in [-0.39, 0.29) is 5.69 Å². The van der Waals surface area contributed by atoms with Gasteiger partial charge in [-0.05, 0) is 62.2 Å². The Hall–Kier alpha value is -1.93. The number of benzene rings is 2. The first-order valence-corrected chi connectivity index (χ1v) is 10.5. The molecule has 0 fully saturated rings. The molecule has 1 atom stereocenters. The number of nitrogens with one attached hydrogen (secondary N) is 1. The topological polar surface area (TPSA) is 66.5 Å². The van der Waals surface area contributed by atoms with Crippen LogP contribution in [0.5, 0.6) is 0 Å². The lowest BCUT2D eigenvalue weighted by atomic mass is 10.1. The summed E-state index contributed by atoms with van der Waals surface area (Å²) in [5.41, 5.74) is 2.13. The Balaban J connectivity index is 2.37. The molecule has 0 aliphatic heterocycles. The van der Waals surface area contributed by atoms with Gasteiger partial charge < -0.3 is 5.32 Å². The number of sulfonamides is 1. The maximum Gasteiger partial charge on any atom is 0.248 e. The maximum absolute atomic E-state index is 14.0. The predicted octanol–water partition coefficient (Wildman–Crippen LogP) is 4.00. The molecule has 0 spiro atoms. The van der Waals surface area contributed by atoms with E-state index in [9.17, 15) is 17.6 Å². The molecule has 8 heteroatoms. The number of carbonyl (C=O) groups excluding carboxylic acids is 1. The molecule has 1 amide bonds. The van der Waals surface area contributed by atoms with Crippen LogP contribution in [-0.2, 0) is 14.8 Å². The van der Waals surface area contributed by atoms with E-state index in [0.29, 0.717) is 10.2 Å². The van der Waals surface area contributed by atoms with Gasteiger partial charge in [0.1, 0.15) is 11.9 Å². The molecule has 2 rings (SSSR count). The summed E-state index contributed by atoms with van der Waals surface area (Å²) < 4.78 is 40.2. The average molecular weight is 443 g/mol. The second-order valence-electron chi connectivity index (χ2n) is 6.19. The van der Waals surface area contributed by atoms with Crippen LogP contribution in [0.4, 0.5) is 15.8 Å². The summed E-state index contributed by atoms with van der Waals surface area (Å²) in [5.74, 6) is -1.24. The minimum absolute atomic E-state index is 0.0149. The van der Waals surface area contributed by atoms with E-state index in [1.807, 2.05) is 19.9 Å². The molecule has 5 nitrogen and oxygen atoms in total. The summed E-state index contributed by atoms with van der Waals surface area (Å²) in [4.78, 5) is 12.6. The van der Waals surface area contributed by atoms with Crippen molar-refractivity contribution in [1.29, 1.82) is 0 Å². The first-order chi connectivity index (χ1) is 12.0. The first-order valence-electron chi connectivity index (χ1n) is 7.82. The lowest BCUT2D eigenvalue weighted by Crippen LogP contribution is -2.45. The van der Waals surface area contributed by atoms with Crippen molar-refractivity contribution in [2.45, 2.75) is 26.8 Å². The van der Waals surface area contributed by atoms with E-state index < -0.39 is 27.8 Å². The molecule has 0 bridgehead atoms.